The number of Topliss-reactive ketones (excluding diaryl/α,β-unsaturated/α-hetero) is 1. The van der Waals surface area contributed by atoms with Crippen LogP contribution in [-0.4, -0.2) is 11.4 Å². The fourth-order valence-electron chi connectivity index (χ4n) is 2.92. The molecule has 1 aliphatic heterocycles. The Hall–Kier alpha value is -1.31. The Morgan fingerprint density at radius 2 is 1.89 bits per heavy atom. The number of carbonyl (C=O) groups is 1. The molecule has 0 aliphatic carbocycles. The molecule has 98 valence electrons. The van der Waals surface area contributed by atoms with E-state index in [9.17, 15) is 4.79 Å². The molecule has 0 fully saturated rings. The van der Waals surface area contributed by atoms with Crippen molar-refractivity contribution in [3.63, 3.8) is 0 Å². The van der Waals surface area contributed by atoms with Gasteiger partial charge in [0.2, 0.25) is 0 Å². The number of benzene rings is 1. The Morgan fingerprint density at radius 1 is 1.22 bits per heavy atom. The van der Waals surface area contributed by atoms with E-state index in [1.165, 1.54) is 0 Å². The van der Waals surface area contributed by atoms with Gasteiger partial charge in [0.1, 0.15) is 11.4 Å². The summed E-state index contributed by atoms with van der Waals surface area (Å²) < 4.78 is 6.20. The molecule has 0 amide bonds. The molecule has 2 rings (SSSR count). The second-order valence-electron chi connectivity index (χ2n) is 5.38. The Balaban J connectivity index is 2.36. The molecule has 0 spiro atoms. The lowest BCUT2D eigenvalue weighted by Gasteiger charge is -2.38. The fourth-order valence-corrected chi connectivity index (χ4v) is 2.92. The van der Waals surface area contributed by atoms with Crippen LogP contribution in [0.5, 0.6) is 5.75 Å². The molecule has 18 heavy (non-hydrogen) atoms. The average Bonchev–Trinajstić information content (AvgIpc) is 2.31. The van der Waals surface area contributed by atoms with E-state index in [1.807, 2.05) is 25.1 Å². The highest BCUT2D eigenvalue weighted by Crippen LogP contribution is 2.38. The SMILES string of the molecule is CCCC1(CCC)CC(=O)c2cc(C)ccc2O1. The summed E-state index contributed by atoms with van der Waals surface area (Å²) in [6.45, 7) is 6.30. The molecule has 1 aliphatic rings. The maximum absolute atomic E-state index is 12.3. The normalized spacial score (nSPS) is 17.2. The lowest BCUT2D eigenvalue weighted by Crippen LogP contribution is -2.41. The Labute approximate surface area is 109 Å². The minimum atomic E-state index is -0.261. The molecule has 0 aromatic heterocycles. The zero-order valence-electron chi connectivity index (χ0n) is 11.6. The number of rotatable bonds is 4. The van der Waals surface area contributed by atoms with Gasteiger partial charge >= 0.3 is 0 Å². The summed E-state index contributed by atoms with van der Waals surface area (Å²) in [6, 6.07) is 5.90. The van der Waals surface area contributed by atoms with E-state index in [4.69, 9.17) is 4.74 Å². The van der Waals surface area contributed by atoms with Gasteiger partial charge in [0, 0.05) is 0 Å². The summed E-state index contributed by atoms with van der Waals surface area (Å²) in [6.07, 6.45) is 4.55. The molecule has 2 nitrogen and oxygen atoms in total. The van der Waals surface area contributed by atoms with Crippen molar-refractivity contribution in [3.8, 4) is 5.75 Å². The van der Waals surface area contributed by atoms with E-state index in [0.717, 1.165) is 42.6 Å². The van der Waals surface area contributed by atoms with Crippen LogP contribution in [0, 0.1) is 6.92 Å². The van der Waals surface area contributed by atoms with Gasteiger partial charge in [0.15, 0.2) is 5.78 Å². The van der Waals surface area contributed by atoms with Gasteiger partial charge in [-0.25, -0.2) is 0 Å². The third-order valence-electron chi connectivity index (χ3n) is 3.66. The molecule has 2 heteroatoms. The predicted octanol–water partition coefficient (Wildman–Crippen LogP) is 4.30. The second-order valence-corrected chi connectivity index (χ2v) is 5.38. The number of ether oxygens (including phenoxy) is 1. The highest BCUT2D eigenvalue weighted by molar-refractivity contribution is 6.00. The Bertz CT molecular complexity index is 442. The summed E-state index contributed by atoms with van der Waals surface area (Å²) in [7, 11) is 0. The molecule has 0 bridgehead atoms. The van der Waals surface area contributed by atoms with Crippen LogP contribution in [0.2, 0.25) is 0 Å². The van der Waals surface area contributed by atoms with Gasteiger partial charge in [-0.3, -0.25) is 4.79 Å². The van der Waals surface area contributed by atoms with Crippen molar-refractivity contribution in [1.29, 1.82) is 0 Å². The molecule has 0 saturated carbocycles. The van der Waals surface area contributed by atoms with Crippen molar-refractivity contribution in [2.24, 2.45) is 0 Å². The van der Waals surface area contributed by atoms with Crippen LogP contribution in [0.15, 0.2) is 18.2 Å². The van der Waals surface area contributed by atoms with E-state index >= 15 is 0 Å². The zero-order chi connectivity index (χ0) is 13.2. The van der Waals surface area contributed by atoms with Crippen molar-refractivity contribution >= 4 is 5.78 Å². The highest BCUT2D eigenvalue weighted by Gasteiger charge is 2.38. The number of carbonyl (C=O) groups excluding carboxylic acids is 1. The van der Waals surface area contributed by atoms with E-state index in [0.29, 0.717) is 6.42 Å². The summed E-state index contributed by atoms with van der Waals surface area (Å²) in [5, 5.41) is 0. The number of aryl methyl sites for hydroxylation is 1. The number of hydrogen-bond donors (Lipinski definition) is 0. The van der Waals surface area contributed by atoms with E-state index in [-0.39, 0.29) is 11.4 Å². The smallest absolute Gasteiger partial charge is 0.170 e. The summed E-state index contributed by atoms with van der Waals surface area (Å²) in [4.78, 5) is 12.3. The van der Waals surface area contributed by atoms with Crippen LogP contribution < -0.4 is 4.74 Å². The molecule has 1 aromatic carbocycles. The van der Waals surface area contributed by atoms with Crippen LogP contribution in [0.1, 0.15) is 61.9 Å². The van der Waals surface area contributed by atoms with Gasteiger partial charge < -0.3 is 4.74 Å². The van der Waals surface area contributed by atoms with Crippen molar-refractivity contribution in [1.82, 2.24) is 0 Å². The van der Waals surface area contributed by atoms with E-state index in [2.05, 4.69) is 13.8 Å². The molecular formula is C16H22O2. The first-order valence-corrected chi connectivity index (χ1v) is 6.93. The van der Waals surface area contributed by atoms with Crippen molar-refractivity contribution in [3.05, 3.63) is 29.3 Å². The first kappa shape index (κ1) is 13.1. The van der Waals surface area contributed by atoms with Gasteiger partial charge in [-0.2, -0.15) is 0 Å². The Morgan fingerprint density at radius 3 is 2.50 bits per heavy atom. The van der Waals surface area contributed by atoms with Crippen LogP contribution >= 0.6 is 0 Å². The minimum Gasteiger partial charge on any atom is -0.486 e. The van der Waals surface area contributed by atoms with Crippen LogP contribution in [0.25, 0.3) is 0 Å². The first-order valence-electron chi connectivity index (χ1n) is 6.93. The Kier molecular flexibility index (Phi) is 3.74. The van der Waals surface area contributed by atoms with Gasteiger partial charge in [0.25, 0.3) is 0 Å². The van der Waals surface area contributed by atoms with Crippen molar-refractivity contribution in [2.75, 3.05) is 0 Å². The maximum atomic E-state index is 12.3. The zero-order valence-corrected chi connectivity index (χ0v) is 11.6. The quantitative estimate of drug-likeness (QED) is 0.791. The van der Waals surface area contributed by atoms with Crippen molar-refractivity contribution < 1.29 is 9.53 Å². The first-order chi connectivity index (χ1) is 8.60. The lowest BCUT2D eigenvalue weighted by atomic mass is 9.83. The molecule has 1 aromatic rings. The molecule has 0 N–H and O–H groups in total. The molecule has 0 radical (unpaired) electrons. The van der Waals surface area contributed by atoms with Gasteiger partial charge in [-0.15, -0.1) is 0 Å². The number of fused-ring (bicyclic) bond motifs is 1. The largest absolute Gasteiger partial charge is 0.486 e. The lowest BCUT2D eigenvalue weighted by molar-refractivity contribution is 0.0271. The van der Waals surface area contributed by atoms with Crippen LogP contribution in [-0.2, 0) is 0 Å². The number of ketones is 1. The highest BCUT2D eigenvalue weighted by atomic mass is 16.5. The third-order valence-corrected chi connectivity index (χ3v) is 3.66. The topological polar surface area (TPSA) is 26.3 Å². The van der Waals surface area contributed by atoms with Gasteiger partial charge in [-0.1, -0.05) is 38.3 Å². The second kappa shape index (κ2) is 5.13. The standard InChI is InChI=1S/C16H22O2/c1-4-8-16(9-5-2)11-14(17)13-10-12(3)6-7-15(13)18-16/h6-7,10H,4-5,8-9,11H2,1-3H3. The minimum absolute atomic E-state index is 0.238. The van der Waals surface area contributed by atoms with Crippen molar-refractivity contribution in [2.45, 2.75) is 58.5 Å². The molecule has 1 heterocycles. The van der Waals surface area contributed by atoms with Gasteiger partial charge in [0.05, 0.1) is 12.0 Å². The molecule has 0 atom stereocenters. The fraction of sp³-hybridized carbons (Fsp3) is 0.562. The van der Waals surface area contributed by atoms with E-state index < -0.39 is 0 Å². The molecule has 0 unspecified atom stereocenters. The average molecular weight is 246 g/mol. The monoisotopic (exact) mass is 246 g/mol. The third kappa shape index (κ3) is 2.43. The summed E-state index contributed by atoms with van der Waals surface area (Å²) >= 11 is 0. The maximum Gasteiger partial charge on any atom is 0.170 e. The molecule has 0 saturated heterocycles. The van der Waals surface area contributed by atoms with Crippen LogP contribution in [0.3, 0.4) is 0 Å². The number of hydrogen-bond acceptors (Lipinski definition) is 2. The predicted molar refractivity (Wildman–Crippen MR) is 73.3 cm³/mol. The van der Waals surface area contributed by atoms with Crippen LogP contribution in [0.4, 0.5) is 0 Å². The van der Waals surface area contributed by atoms with Gasteiger partial charge in [-0.05, 0) is 31.9 Å². The summed E-state index contributed by atoms with van der Waals surface area (Å²) in [5.41, 5.74) is 1.62. The molecular weight excluding hydrogens is 224 g/mol. The van der Waals surface area contributed by atoms with E-state index in [1.54, 1.807) is 0 Å². The summed E-state index contributed by atoms with van der Waals surface area (Å²) in [5.74, 6) is 1.01.